The minimum absolute atomic E-state index is 0.161. The highest BCUT2D eigenvalue weighted by Gasteiger charge is 2.08. The summed E-state index contributed by atoms with van der Waals surface area (Å²) in [4.78, 5) is 15.3. The van der Waals surface area contributed by atoms with Gasteiger partial charge in [0.2, 0.25) is 5.13 Å². The first-order valence-corrected chi connectivity index (χ1v) is 7.55. The summed E-state index contributed by atoms with van der Waals surface area (Å²) in [6, 6.07) is -0.233. The first-order valence-electron chi connectivity index (χ1n) is 5.22. The van der Waals surface area contributed by atoms with E-state index in [1.54, 1.807) is 18.8 Å². The van der Waals surface area contributed by atoms with E-state index in [0.717, 1.165) is 17.3 Å². The van der Waals surface area contributed by atoms with E-state index in [-0.39, 0.29) is 12.0 Å². The summed E-state index contributed by atoms with van der Waals surface area (Å²) in [6.07, 6.45) is 0. The molecule has 0 aliphatic rings. The number of anilines is 1. The average molecular weight is 321 g/mol. The van der Waals surface area contributed by atoms with Crippen molar-refractivity contribution in [3.63, 3.8) is 0 Å². The molecule has 1 rings (SSSR count). The maximum absolute atomic E-state index is 11.1. The Labute approximate surface area is 124 Å². The predicted octanol–water partition coefficient (Wildman–Crippen LogP) is 0.563. The van der Waals surface area contributed by atoms with Crippen LogP contribution in [0.1, 0.15) is 5.82 Å². The summed E-state index contributed by atoms with van der Waals surface area (Å²) < 4.78 is 5.43. The number of carbonyl (C=O) groups is 1. The fourth-order valence-corrected chi connectivity index (χ4v) is 2.81. The Morgan fingerprint density at radius 3 is 3.05 bits per heavy atom. The molecule has 0 saturated carbocycles. The molecule has 0 radical (unpaired) electrons. The normalized spacial score (nSPS) is 10.0. The van der Waals surface area contributed by atoms with Gasteiger partial charge in [-0.2, -0.15) is 16.1 Å². The molecule has 1 heterocycles. The topological polar surface area (TPSA) is 120 Å². The number of rotatable bonds is 6. The number of thioether (sulfide) groups is 1. The fourth-order valence-electron chi connectivity index (χ4n) is 1.02. The molecule has 0 saturated heterocycles. The van der Waals surface area contributed by atoms with Crippen molar-refractivity contribution in [2.45, 2.75) is 5.75 Å². The number of guanidine groups is 1. The van der Waals surface area contributed by atoms with Crippen LogP contribution in [0.4, 0.5) is 9.93 Å². The molecule has 0 unspecified atom stereocenters. The number of thiol groups is 1. The first kappa shape index (κ1) is 15.9. The summed E-state index contributed by atoms with van der Waals surface area (Å²) in [6.45, 7) is 0.524. The van der Waals surface area contributed by atoms with Crippen LogP contribution in [0.5, 0.6) is 0 Å². The van der Waals surface area contributed by atoms with Crippen molar-refractivity contribution in [2.75, 3.05) is 24.7 Å². The second kappa shape index (κ2) is 8.07. The Kier molecular flexibility index (Phi) is 6.73. The minimum atomic E-state index is -0.233. The van der Waals surface area contributed by atoms with Gasteiger partial charge in [0.15, 0.2) is 11.8 Å². The lowest BCUT2D eigenvalue weighted by Gasteiger charge is -2.13. The predicted molar refractivity (Wildman–Crippen MR) is 81.8 cm³/mol. The molecule has 0 aromatic carbocycles. The molecule has 5 N–H and O–H groups in total. The van der Waals surface area contributed by atoms with Crippen molar-refractivity contribution in [1.29, 1.82) is 5.41 Å². The Bertz CT molecular complexity index is 438. The monoisotopic (exact) mass is 321 g/mol. The first-order chi connectivity index (χ1) is 9.02. The van der Waals surface area contributed by atoms with Crippen LogP contribution in [-0.4, -0.2) is 45.0 Å². The largest absolute Gasteiger partial charge is 0.370 e. The van der Waals surface area contributed by atoms with Crippen LogP contribution >= 0.6 is 36.1 Å². The van der Waals surface area contributed by atoms with Crippen LogP contribution < -0.4 is 16.4 Å². The number of urea groups is 1. The lowest BCUT2D eigenvalue weighted by molar-refractivity contribution is 0.230. The van der Waals surface area contributed by atoms with Crippen LogP contribution in [0.15, 0.2) is 0 Å². The zero-order valence-electron chi connectivity index (χ0n) is 10.2. The molecule has 0 aliphatic heterocycles. The number of nitrogens with one attached hydrogen (secondary N) is 3. The van der Waals surface area contributed by atoms with E-state index in [1.807, 2.05) is 0 Å². The quantitative estimate of drug-likeness (QED) is 0.226. The van der Waals surface area contributed by atoms with Gasteiger partial charge in [0.1, 0.15) is 0 Å². The number of hydrogen-bond acceptors (Lipinski definition) is 7. The van der Waals surface area contributed by atoms with Crippen molar-refractivity contribution in [1.82, 2.24) is 19.0 Å². The van der Waals surface area contributed by atoms with Crippen molar-refractivity contribution in [2.24, 2.45) is 5.73 Å². The van der Waals surface area contributed by atoms with E-state index < -0.39 is 0 Å². The second-order valence-electron chi connectivity index (χ2n) is 3.29. The van der Waals surface area contributed by atoms with Gasteiger partial charge in [-0.05, 0) is 0 Å². The molecule has 0 fully saturated rings. The molecule has 0 atom stereocenters. The van der Waals surface area contributed by atoms with Crippen molar-refractivity contribution >= 4 is 53.2 Å². The Morgan fingerprint density at radius 2 is 2.42 bits per heavy atom. The highest BCUT2D eigenvalue weighted by Crippen LogP contribution is 2.15. The average Bonchev–Trinajstić information content (AvgIpc) is 2.80. The fraction of sp³-hybridized carbons (Fsp3) is 0.500. The third-order valence-corrected chi connectivity index (χ3v) is 3.82. The van der Waals surface area contributed by atoms with E-state index >= 15 is 0 Å². The summed E-state index contributed by atoms with van der Waals surface area (Å²) in [5, 5.41) is 12.6. The minimum Gasteiger partial charge on any atom is -0.370 e. The maximum Gasteiger partial charge on any atom is 0.326 e. The van der Waals surface area contributed by atoms with E-state index in [1.165, 1.54) is 4.31 Å². The van der Waals surface area contributed by atoms with Crippen LogP contribution in [0.2, 0.25) is 0 Å². The molecule has 0 spiro atoms. The van der Waals surface area contributed by atoms with Crippen LogP contribution in [0.3, 0.4) is 0 Å². The molecular formula is C8H15N7OS3. The summed E-state index contributed by atoms with van der Waals surface area (Å²) in [5.74, 6) is 1.87. The zero-order chi connectivity index (χ0) is 14.3. The van der Waals surface area contributed by atoms with E-state index in [9.17, 15) is 4.79 Å². The van der Waals surface area contributed by atoms with Crippen LogP contribution in [0, 0.1) is 5.41 Å². The smallest absolute Gasteiger partial charge is 0.326 e. The van der Waals surface area contributed by atoms with Crippen molar-refractivity contribution < 1.29 is 4.79 Å². The third-order valence-electron chi connectivity index (χ3n) is 1.84. The van der Waals surface area contributed by atoms with Gasteiger partial charge in [-0.25, -0.2) is 9.78 Å². The number of aromatic nitrogens is 2. The lowest BCUT2D eigenvalue weighted by Crippen LogP contribution is -2.32. The summed E-state index contributed by atoms with van der Waals surface area (Å²) in [5.41, 5.74) is 5.18. The van der Waals surface area contributed by atoms with Crippen LogP contribution in [-0.2, 0) is 5.75 Å². The van der Waals surface area contributed by atoms with Gasteiger partial charge >= 0.3 is 6.03 Å². The van der Waals surface area contributed by atoms with Gasteiger partial charge in [-0.15, -0.1) is 0 Å². The number of carbonyl (C=O) groups excluding carboxylic acids is 1. The number of nitrogens with zero attached hydrogens (tertiary/aromatic N) is 3. The van der Waals surface area contributed by atoms with Gasteiger partial charge in [0, 0.05) is 30.9 Å². The van der Waals surface area contributed by atoms with Gasteiger partial charge in [-0.3, -0.25) is 9.71 Å². The SMILES string of the molecule is CNC(=O)N(S)CCSCc1nsc(NC(=N)N)n1. The van der Waals surface area contributed by atoms with E-state index in [2.05, 4.69) is 32.8 Å². The van der Waals surface area contributed by atoms with Gasteiger partial charge in [0.05, 0.1) is 5.75 Å². The Balaban J connectivity index is 2.24. The van der Waals surface area contributed by atoms with E-state index in [0.29, 0.717) is 23.3 Å². The lowest BCUT2D eigenvalue weighted by atomic mass is 10.7. The highest BCUT2D eigenvalue weighted by molar-refractivity contribution is 7.98. The zero-order valence-corrected chi connectivity index (χ0v) is 12.7. The highest BCUT2D eigenvalue weighted by atomic mass is 32.2. The summed E-state index contributed by atoms with van der Waals surface area (Å²) >= 11 is 6.79. The maximum atomic E-state index is 11.1. The number of hydrogen-bond donors (Lipinski definition) is 5. The molecular weight excluding hydrogens is 306 g/mol. The number of amides is 2. The third kappa shape index (κ3) is 5.98. The van der Waals surface area contributed by atoms with Crippen LogP contribution in [0.25, 0.3) is 0 Å². The Hall–Kier alpha value is -1.20. The molecule has 2 amide bonds. The molecule has 8 nitrogen and oxygen atoms in total. The molecule has 1 aromatic rings. The Morgan fingerprint density at radius 1 is 1.68 bits per heavy atom. The van der Waals surface area contributed by atoms with Gasteiger partial charge < -0.3 is 16.4 Å². The molecule has 19 heavy (non-hydrogen) atoms. The van der Waals surface area contributed by atoms with Crippen molar-refractivity contribution in [3.05, 3.63) is 5.82 Å². The van der Waals surface area contributed by atoms with Gasteiger partial charge in [-0.1, -0.05) is 12.8 Å². The van der Waals surface area contributed by atoms with Crippen molar-refractivity contribution in [3.8, 4) is 0 Å². The second-order valence-corrected chi connectivity index (χ2v) is 5.63. The number of nitrogens with two attached hydrogens (primary N) is 1. The van der Waals surface area contributed by atoms with E-state index in [4.69, 9.17) is 11.1 Å². The molecule has 0 aliphatic carbocycles. The summed E-state index contributed by atoms with van der Waals surface area (Å²) in [7, 11) is 1.56. The molecule has 11 heteroatoms. The molecule has 1 aromatic heterocycles. The standard InChI is InChI=1S/C8H15N7OS3/c1-11-8(16)15(17)2-3-18-4-5-12-7(19-14-5)13-6(9)10/h17H,2-4H2,1H3,(H,11,16)(H4,9,10,12,13,14). The molecule has 0 bridgehead atoms. The van der Waals surface area contributed by atoms with Gasteiger partial charge in [0.25, 0.3) is 0 Å². The molecule has 106 valence electrons.